The molecule has 1 aliphatic heterocycles. The fourth-order valence-corrected chi connectivity index (χ4v) is 3.00. The lowest BCUT2D eigenvalue weighted by molar-refractivity contribution is -0.140. The van der Waals surface area contributed by atoms with Gasteiger partial charge in [-0.05, 0) is 24.3 Å². The van der Waals surface area contributed by atoms with E-state index in [4.69, 9.17) is 10.8 Å². The second-order valence-corrected chi connectivity index (χ2v) is 5.20. The first-order valence-electron chi connectivity index (χ1n) is 5.77. The van der Waals surface area contributed by atoms with Crippen molar-refractivity contribution in [1.29, 1.82) is 0 Å². The number of carbonyl (C=O) groups is 3. The van der Waals surface area contributed by atoms with Crippen LogP contribution in [-0.4, -0.2) is 45.6 Å². The van der Waals surface area contributed by atoms with Crippen LogP contribution in [0, 0.1) is 0 Å². The number of nitrogens with two attached hydrogens (primary N) is 1. The molecule has 20 heavy (non-hydrogen) atoms. The third-order valence-corrected chi connectivity index (χ3v) is 3.84. The minimum Gasteiger partial charge on any atom is -0.480 e. The number of primary amides is 1. The smallest absolute Gasteiger partial charge is 0.327 e. The Balaban J connectivity index is 2.13. The van der Waals surface area contributed by atoms with Crippen molar-refractivity contribution in [1.82, 2.24) is 4.90 Å². The van der Waals surface area contributed by atoms with Gasteiger partial charge in [0.05, 0.1) is 5.88 Å². The first-order chi connectivity index (χ1) is 9.49. The summed E-state index contributed by atoms with van der Waals surface area (Å²) in [5.41, 5.74) is 5.82. The van der Waals surface area contributed by atoms with E-state index in [0.29, 0.717) is 22.9 Å². The number of hydrogen-bond acceptors (Lipinski definition) is 4. The van der Waals surface area contributed by atoms with Gasteiger partial charge < -0.3 is 21.1 Å². The Morgan fingerprint density at radius 3 is 2.50 bits per heavy atom. The topological polar surface area (TPSA) is 113 Å². The summed E-state index contributed by atoms with van der Waals surface area (Å²) in [5, 5.41) is 11.4. The summed E-state index contributed by atoms with van der Waals surface area (Å²) in [6.45, 7) is 0. The van der Waals surface area contributed by atoms with Crippen LogP contribution in [-0.2, 0) is 4.79 Å². The van der Waals surface area contributed by atoms with Gasteiger partial charge in [-0.3, -0.25) is 4.79 Å². The lowest BCUT2D eigenvalue weighted by Crippen LogP contribution is -2.41. The van der Waals surface area contributed by atoms with E-state index in [9.17, 15) is 14.4 Å². The summed E-state index contributed by atoms with van der Waals surface area (Å²) in [5.74, 6) is -0.595. The predicted molar refractivity (Wildman–Crippen MR) is 74.6 cm³/mol. The lowest BCUT2D eigenvalue weighted by Gasteiger charge is -2.20. The zero-order valence-corrected chi connectivity index (χ0v) is 11.2. The van der Waals surface area contributed by atoms with E-state index in [2.05, 4.69) is 5.32 Å². The summed E-state index contributed by atoms with van der Waals surface area (Å²) < 4.78 is 0. The molecule has 0 radical (unpaired) electrons. The fourth-order valence-electron chi connectivity index (χ4n) is 1.85. The molecule has 4 N–H and O–H groups in total. The van der Waals surface area contributed by atoms with Crippen molar-refractivity contribution in [3.63, 3.8) is 0 Å². The number of rotatable bonds is 3. The minimum atomic E-state index is -1.00. The van der Waals surface area contributed by atoms with Gasteiger partial charge in [0, 0.05) is 17.0 Å². The number of hydrogen-bond donors (Lipinski definition) is 3. The maximum Gasteiger partial charge on any atom is 0.327 e. The third kappa shape index (κ3) is 3.02. The number of benzene rings is 1. The quantitative estimate of drug-likeness (QED) is 0.762. The number of aliphatic carboxylic acids is 1. The fraction of sp³-hybridized carbons (Fsp3) is 0.250. The molecule has 2 rings (SSSR count). The van der Waals surface area contributed by atoms with Gasteiger partial charge in [0.15, 0.2) is 0 Å². The van der Waals surface area contributed by atoms with Crippen LogP contribution in [0.3, 0.4) is 0 Å². The molecule has 1 unspecified atom stereocenters. The molecule has 1 aromatic rings. The van der Waals surface area contributed by atoms with Crippen LogP contribution < -0.4 is 11.1 Å². The lowest BCUT2D eigenvalue weighted by atomic mass is 10.1. The molecule has 1 atom stereocenters. The molecule has 1 heterocycles. The Bertz CT molecular complexity index is 546. The van der Waals surface area contributed by atoms with Gasteiger partial charge in [0.2, 0.25) is 0 Å². The molecular weight excluding hydrogens is 282 g/mol. The maximum atomic E-state index is 12.2. The van der Waals surface area contributed by atoms with E-state index in [-0.39, 0.29) is 5.91 Å². The number of carboxylic acid groups (broad SMARTS) is 1. The highest BCUT2D eigenvalue weighted by atomic mass is 32.2. The van der Waals surface area contributed by atoms with E-state index in [1.807, 2.05) is 0 Å². The predicted octanol–water partition coefficient (Wildman–Crippen LogP) is 0.777. The van der Waals surface area contributed by atoms with Gasteiger partial charge in [-0.25, -0.2) is 9.59 Å². The first-order valence-corrected chi connectivity index (χ1v) is 6.92. The molecule has 0 bridgehead atoms. The Morgan fingerprint density at radius 1 is 1.30 bits per heavy atom. The van der Waals surface area contributed by atoms with Crippen LogP contribution in [0.4, 0.5) is 10.5 Å². The summed E-state index contributed by atoms with van der Waals surface area (Å²) in [7, 11) is 0. The van der Waals surface area contributed by atoms with Gasteiger partial charge >= 0.3 is 12.0 Å². The number of nitrogens with zero attached hydrogens (tertiary/aromatic N) is 1. The van der Waals surface area contributed by atoms with Crippen LogP contribution in [0.25, 0.3) is 0 Å². The molecule has 0 spiro atoms. The number of urea groups is 1. The minimum absolute atomic E-state index is 0.340. The Kier molecular flexibility index (Phi) is 4.14. The molecule has 0 saturated carbocycles. The van der Waals surface area contributed by atoms with E-state index in [1.165, 1.54) is 40.9 Å². The van der Waals surface area contributed by atoms with Crippen molar-refractivity contribution in [3.8, 4) is 0 Å². The second-order valence-electron chi connectivity index (χ2n) is 4.20. The Morgan fingerprint density at radius 2 is 1.95 bits per heavy atom. The highest BCUT2D eigenvalue weighted by Gasteiger charge is 2.34. The molecule has 1 fully saturated rings. The average molecular weight is 295 g/mol. The maximum absolute atomic E-state index is 12.2. The first kappa shape index (κ1) is 14.2. The van der Waals surface area contributed by atoms with Gasteiger partial charge in [-0.1, -0.05) is 0 Å². The van der Waals surface area contributed by atoms with Crippen LogP contribution in [0.2, 0.25) is 0 Å². The monoisotopic (exact) mass is 295 g/mol. The second kappa shape index (κ2) is 5.83. The summed E-state index contributed by atoms with van der Waals surface area (Å²) in [6, 6.07) is 4.64. The highest BCUT2D eigenvalue weighted by molar-refractivity contribution is 7.99. The normalized spacial score (nSPS) is 17.8. The molecule has 0 aliphatic carbocycles. The van der Waals surface area contributed by atoms with Gasteiger partial charge in [-0.15, -0.1) is 11.8 Å². The van der Waals surface area contributed by atoms with Crippen LogP contribution in [0.1, 0.15) is 10.4 Å². The van der Waals surface area contributed by atoms with Gasteiger partial charge in [-0.2, -0.15) is 0 Å². The number of amides is 3. The molecule has 1 aromatic carbocycles. The molecule has 3 amide bonds. The van der Waals surface area contributed by atoms with Crippen molar-refractivity contribution < 1.29 is 19.5 Å². The van der Waals surface area contributed by atoms with E-state index < -0.39 is 18.0 Å². The van der Waals surface area contributed by atoms with Crippen molar-refractivity contribution >= 4 is 35.4 Å². The molecular formula is C12H13N3O4S. The van der Waals surface area contributed by atoms with Crippen LogP contribution in [0.5, 0.6) is 0 Å². The van der Waals surface area contributed by atoms with Gasteiger partial charge in [0.1, 0.15) is 6.04 Å². The van der Waals surface area contributed by atoms with Crippen LogP contribution in [0.15, 0.2) is 24.3 Å². The van der Waals surface area contributed by atoms with Crippen molar-refractivity contribution in [2.75, 3.05) is 16.9 Å². The average Bonchev–Trinajstić information content (AvgIpc) is 2.87. The van der Waals surface area contributed by atoms with Crippen molar-refractivity contribution in [3.05, 3.63) is 29.8 Å². The molecule has 1 aliphatic rings. The number of carbonyl (C=O) groups excluding carboxylic acids is 2. The molecule has 106 valence electrons. The largest absolute Gasteiger partial charge is 0.480 e. The Hall–Kier alpha value is -2.22. The zero-order valence-electron chi connectivity index (χ0n) is 10.4. The van der Waals surface area contributed by atoms with Crippen molar-refractivity contribution in [2.45, 2.75) is 6.04 Å². The summed E-state index contributed by atoms with van der Waals surface area (Å²) >= 11 is 1.40. The number of anilines is 1. The standard InChI is InChI=1S/C12H13N3O4S/c13-12(19)14-8-3-1-7(2-4-8)10(16)15-6-20-5-9(15)11(17)18/h1-4,9H,5-6H2,(H,17,18)(H3,13,14,19). The van der Waals surface area contributed by atoms with Crippen molar-refractivity contribution in [2.24, 2.45) is 5.73 Å². The number of thioether (sulfide) groups is 1. The molecule has 1 saturated heterocycles. The van der Waals surface area contributed by atoms with E-state index in [1.54, 1.807) is 0 Å². The van der Waals surface area contributed by atoms with E-state index >= 15 is 0 Å². The summed E-state index contributed by atoms with van der Waals surface area (Å²) in [6.07, 6.45) is 0. The van der Waals surface area contributed by atoms with Crippen LogP contribution >= 0.6 is 11.8 Å². The number of carboxylic acids is 1. The highest BCUT2D eigenvalue weighted by Crippen LogP contribution is 2.23. The summed E-state index contributed by atoms with van der Waals surface area (Å²) in [4.78, 5) is 35.3. The van der Waals surface area contributed by atoms with E-state index in [0.717, 1.165) is 0 Å². The zero-order chi connectivity index (χ0) is 14.7. The third-order valence-electron chi connectivity index (χ3n) is 2.83. The SMILES string of the molecule is NC(=O)Nc1ccc(C(=O)N2CSCC2C(=O)O)cc1. The number of nitrogens with one attached hydrogen (secondary N) is 1. The van der Waals surface area contributed by atoms with Gasteiger partial charge in [0.25, 0.3) is 5.91 Å². The molecule has 8 heteroatoms. The molecule has 7 nitrogen and oxygen atoms in total. The Labute approximate surface area is 119 Å². The molecule has 0 aromatic heterocycles.